The van der Waals surface area contributed by atoms with Crippen LogP contribution in [0.15, 0.2) is 35.2 Å². The van der Waals surface area contributed by atoms with E-state index in [0.29, 0.717) is 23.9 Å². The molecule has 0 bridgehead atoms. The highest BCUT2D eigenvalue weighted by Crippen LogP contribution is 2.36. The molecule has 2 aliphatic heterocycles. The van der Waals surface area contributed by atoms with Crippen molar-refractivity contribution in [2.24, 2.45) is 5.92 Å². The van der Waals surface area contributed by atoms with Crippen molar-refractivity contribution in [2.45, 2.75) is 57.6 Å². The van der Waals surface area contributed by atoms with Crippen molar-refractivity contribution in [3.63, 3.8) is 0 Å². The Morgan fingerprint density at radius 1 is 1.13 bits per heavy atom. The van der Waals surface area contributed by atoms with E-state index >= 15 is 0 Å². The van der Waals surface area contributed by atoms with Crippen molar-refractivity contribution in [1.82, 2.24) is 9.21 Å². The molecule has 164 valence electrons. The largest absolute Gasteiger partial charge is 0.481 e. The highest BCUT2D eigenvalue weighted by Gasteiger charge is 2.30. The van der Waals surface area contributed by atoms with Crippen molar-refractivity contribution >= 4 is 21.4 Å². The van der Waals surface area contributed by atoms with Crippen molar-refractivity contribution in [3.05, 3.63) is 46.3 Å². The topological polar surface area (TPSA) is 49.9 Å². The Kier molecular flexibility index (Phi) is 6.53. The standard InChI is InChI=1S/C23H32N2O3S2/c1-17(2)15-24-11-8-20(9-12-24)28-23-14-19-16-25(13-10-22(19)29-23)30(26,27)21-6-4-18(3)5-7-21/h4-7,14,17,20H,8-13,15-16H2,1-3H3. The molecule has 0 amide bonds. The van der Waals surface area contributed by atoms with E-state index in [1.807, 2.05) is 19.1 Å². The molecule has 1 fully saturated rings. The second-order valence-corrected chi connectivity index (χ2v) is 12.0. The van der Waals surface area contributed by atoms with Gasteiger partial charge in [-0.05, 0) is 55.9 Å². The summed E-state index contributed by atoms with van der Waals surface area (Å²) in [6.07, 6.45) is 3.13. The molecule has 0 spiro atoms. The van der Waals surface area contributed by atoms with Gasteiger partial charge >= 0.3 is 0 Å². The Bertz CT molecular complexity index is 959. The summed E-state index contributed by atoms with van der Waals surface area (Å²) in [5, 5.41) is 0.942. The fourth-order valence-corrected chi connectivity index (χ4v) is 6.79. The van der Waals surface area contributed by atoms with Gasteiger partial charge in [0.2, 0.25) is 10.0 Å². The number of piperidine rings is 1. The van der Waals surface area contributed by atoms with Gasteiger partial charge in [0.25, 0.3) is 0 Å². The molecule has 0 aliphatic carbocycles. The maximum Gasteiger partial charge on any atom is 0.243 e. The number of hydrogen-bond donors (Lipinski definition) is 0. The Hall–Kier alpha value is -1.41. The number of rotatable bonds is 6. The maximum atomic E-state index is 13.0. The Balaban J connectivity index is 1.38. The summed E-state index contributed by atoms with van der Waals surface area (Å²) < 4.78 is 34.0. The molecule has 4 rings (SSSR count). The fraction of sp³-hybridized carbons (Fsp3) is 0.565. The van der Waals surface area contributed by atoms with Crippen LogP contribution in [0.5, 0.6) is 5.06 Å². The first kappa shape index (κ1) is 21.8. The summed E-state index contributed by atoms with van der Waals surface area (Å²) in [4.78, 5) is 4.16. The predicted molar refractivity (Wildman–Crippen MR) is 122 cm³/mol. The lowest BCUT2D eigenvalue weighted by Crippen LogP contribution is -2.39. The van der Waals surface area contributed by atoms with Crippen LogP contribution in [0.1, 0.15) is 42.7 Å². The molecule has 1 aromatic heterocycles. The lowest BCUT2D eigenvalue weighted by Gasteiger charge is -2.32. The summed E-state index contributed by atoms with van der Waals surface area (Å²) >= 11 is 1.69. The van der Waals surface area contributed by atoms with E-state index in [1.54, 1.807) is 27.8 Å². The minimum Gasteiger partial charge on any atom is -0.481 e. The van der Waals surface area contributed by atoms with Gasteiger partial charge < -0.3 is 9.64 Å². The molecule has 5 nitrogen and oxygen atoms in total. The van der Waals surface area contributed by atoms with Crippen LogP contribution in [0.2, 0.25) is 0 Å². The molecule has 2 aromatic rings. The number of nitrogens with zero attached hydrogens (tertiary/aromatic N) is 2. The second kappa shape index (κ2) is 8.99. The van der Waals surface area contributed by atoms with Crippen LogP contribution in [0, 0.1) is 12.8 Å². The minimum atomic E-state index is -3.46. The zero-order valence-corrected chi connectivity index (χ0v) is 19.8. The van der Waals surface area contributed by atoms with E-state index in [1.165, 1.54) is 4.88 Å². The Morgan fingerprint density at radius 3 is 2.50 bits per heavy atom. The minimum absolute atomic E-state index is 0.265. The van der Waals surface area contributed by atoms with Gasteiger partial charge in [0.05, 0.1) is 4.90 Å². The first-order chi connectivity index (χ1) is 14.3. The highest BCUT2D eigenvalue weighted by molar-refractivity contribution is 7.89. The first-order valence-corrected chi connectivity index (χ1v) is 13.1. The van der Waals surface area contributed by atoms with E-state index in [-0.39, 0.29) is 6.10 Å². The zero-order chi connectivity index (χ0) is 21.3. The number of likely N-dealkylation sites (tertiary alicyclic amines) is 1. The van der Waals surface area contributed by atoms with Gasteiger partial charge in [-0.25, -0.2) is 8.42 Å². The quantitative estimate of drug-likeness (QED) is 0.661. The van der Waals surface area contributed by atoms with Crippen LogP contribution in [0.3, 0.4) is 0 Å². The molecular formula is C23H32N2O3S2. The molecular weight excluding hydrogens is 416 g/mol. The molecule has 2 aliphatic rings. The number of ether oxygens (including phenoxy) is 1. The van der Waals surface area contributed by atoms with E-state index in [4.69, 9.17) is 4.74 Å². The molecule has 7 heteroatoms. The fourth-order valence-electron chi connectivity index (χ4n) is 4.29. The van der Waals surface area contributed by atoms with Gasteiger partial charge in [-0.3, -0.25) is 0 Å². The van der Waals surface area contributed by atoms with E-state index in [9.17, 15) is 8.42 Å². The van der Waals surface area contributed by atoms with Crippen molar-refractivity contribution < 1.29 is 13.2 Å². The lowest BCUT2D eigenvalue weighted by molar-refractivity contribution is 0.0968. The zero-order valence-electron chi connectivity index (χ0n) is 18.1. The summed E-state index contributed by atoms with van der Waals surface area (Å²) in [7, 11) is -3.46. The molecule has 3 heterocycles. The number of hydrogen-bond acceptors (Lipinski definition) is 5. The van der Waals surface area contributed by atoms with Crippen LogP contribution in [-0.2, 0) is 23.0 Å². The SMILES string of the molecule is Cc1ccc(S(=O)(=O)N2CCc3sc(OC4CCN(CC(C)C)CC4)cc3C2)cc1. The van der Waals surface area contributed by atoms with Crippen LogP contribution in [-0.4, -0.2) is 49.9 Å². The molecule has 0 atom stereocenters. The smallest absolute Gasteiger partial charge is 0.243 e. The molecule has 1 saturated heterocycles. The highest BCUT2D eigenvalue weighted by atomic mass is 32.2. The molecule has 1 aromatic carbocycles. The Labute approximate surface area is 184 Å². The average molecular weight is 449 g/mol. The lowest BCUT2D eigenvalue weighted by atomic mass is 10.1. The van der Waals surface area contributed by atoms with Gasteiger partial charge in [-0.15, -0.1) is 11.3 Å². The number of benzene rings is 1. The molecule has 0 radical (unpaired) electrons. The van der Waals surface area contributed by atoms with Crippen LogP contribution < -0.4 is 4.74 Å². The summed E-state index contributed by atoms with van der Waals surface area (Å²) in [6.45, 7) is 10.8. The van der Waals surface area contributed by atoms with Gasteiger partial charge in [-0.1, -0.05) is 31.5 Å². The molecule has 30 heavy (non-hydrogen) atoms. The molecule has 0 N–H and O–H groups in total. The normalized spacial score (nSPS) is 19.2. The summed E-state index contributed by atoms with van der Waals surface area (Å²) in [5.74, 6) is 0.700. The van der Waals surface area contributed by atoms with Gasteiger partial charge in [0.15, 0.2) is 5.06 Å². The van der Waals surface area contributed by atoms with E-state index in [0.717, 1.165) is 55.1 Å². The van der Waals surface area contributed by atoms with Gasteiger partial charge in [0, 0.05) is 37.6 Å². The first-order valence-electron chi connectivity index (χ1n) is 10.9. The Morgan fingerprint density at radius 2 is 1.83 bits per heavy atom. The summed E-state index contributed by atoms with van der Waals surface area (Å²) in [5.41, 5.74) is 2.15. The predicted octanol–water partition coefficient (Wildman–Crippen LogP) is 4.30. The van der Waals surface area contributed by atoms with Crippen LogP contribution in [0.4, 0.5) is 0 Å². The third-order valence-electron chi connectivity index (χ3n) is 5.91. The third-order valence-corrected chi connectivity index (χ3v) is 8.90. The van der Waals surface area contributed by atoms with Crippen molar-refractivity contribution in [1.29, 1.82) is 0 Å². The number of fused-ring (bicyclic) bond motifs is 1. The van der Waals surface area contributed by atoms with Gasteiger partial charge in [-0.2, -0.15) is 4.31 Å². The molecule has 0 saturated carbocycles. The van der Waals surface area contributed by atoms with Crippen LogP contribution >= 0.6 is 11.3 Å². The maximum absolute atomic E-state index is 13.0. The van der Waals surface area contributed by atoms with Crippen molar-refractivity contribution in [3.8, 4) is 5.06 Å². The molecule has 0 unspecified atom stereocenters. The number of aryl methyl sites for hydroxylation is 1. The second-order valence-electron chi connectivity index (χ2n) is 8.93. The van der Waals surface area contributed by atoms with E-state index in [2.05, 4.69) is 24.8 Å². The van der Waals surface area contributed by atoms with Gasteiger partial charge in [0.1, 0.15) is 6.10 Å². The summed E-state index contributed by atoms with van der Waals surface area (Å²) in [6, 6.07) is 9.18. The van der Waals surface area contributed by atoms with E-state index < -0.39 is 10.0 Å². The van der Waals surface area contributed by atoms with Crippen LogP contribution in [0.25, 0.3) is 0 Å². The number of thiophene rings is 1. The monoisotopic (exact) mass is 448 g/mol. The third kappa shape index (κ3) is 4.90. The number of sulfonamides is 1. The van der Waals surface area contributed by atoms with Crippen molar-refractivity contribution in [2.75, 3.05) is 26.2 Å². The average Bonchev–Trinajstić information content (AvgIpc) is 3.11.